The summed E-state index contributed by atoms with van der Waals surface area (Å²) in [5, 5.41) is 7.46. The number of hydrogen-bond donors (Lipinski definition) is 2. The molecule has 3 heterocycles. The van der Waals surface area contributed by atoms with E-state index in [1.807, 2.05) is 32.0 Å². The zero-order valence-electron chi connectivity index (χ0n) is 18.4. The van der Waals surface area contributed by atoms with Crippen LogP contribution in [0.15, 0.2) is 65.7 Å². The number of rotatable bonds is 7. The second-order valence-corrected chi connectivity index (χ2v) is 7.67. The van der Waals surface area contributed by atoms with Gasteiger partial charge in [-0.3, -0.25) is 19.3 Å². The summed E-state index contributed by atoms with van der Waals surface area (Å²) in [5.41, 5.74) is 4.53. The molecule has 8 heteroatoms. The normalized spacial score (nSPS) is 10.9. The maximum Gasteiger partial charge on any atom is 0.261 e. The van der Waals surface area contributed by atoms with Crippen LogP contribution in [0.25, 0.3) is 22.5 Å². The Hall–Kier alpha value is -4.07. The fourth-order valence-corrected chi connectivity index (χ4v) is 3.67. The fourth-order valence-electron chi connectivity index (χ4n) is 3.67. The summed E-state index contributed by atoms with van der Waals surface area (Å²) in [6.07, 6.45) is 4.11. The zero-order chi connectivity index (χ0) is 23.4. The Balaban J connectivity index is 1.55. The minimum absolute atomic E-state index is 0.0876. The van der Waals surface area contributed by atoms with E-state index in [-0.39, 0.29) is 17.9 Å². The van der Waals surface area contributed by atoms with E-state index in [1.165, 1.54) is 12.1 Å². The van der Waals surface area contributed by atoms with Crippen molar-refractivity contribution >= 4 is 5.91 Å². The van der Waals surface area contributed by atoms with Crippen LogP contribution in [0.4, 0.5) is 4.39 Å². The molecule has 0 aliphatic rings. The number of carbonyl (C=O) groups is 1. The maximum absolute atomic E-state index is 13.3. The van der Waals surface area contributed by atoms with Gasteiger partial charge in [-0.05, 0) is 67.4 Å². The minimum atomic E-state index is -0.434. The minimum Gasteiger partial charge on any atom is -0.350 e. The summed E-state index contributed by atoms with van der Waals surface area (Å²) >= 11 is 0. The first-order valence-electron chi connectivity index (χ1n) is 10.7. The number of benzene rings is 1. The molecule has 0 atom stereocenters. The highest BCUT2D eigenvalue weighted by atomic mass is 19.1. The van der Waals surface area contributed by atoms with Gasteiger partial charge in [0.1, 0.15) is 11.4 Å². The van der Waals surface area contributed by atoms with Crippen LogP contribution < -0.4 is 10.9 Å². The molecule has 1 amide bonds. The van der Waals surface area contributed by atoms with Gasteiger partial charge in [0, 0.05) is 35.8 Å². The van der Waals surface area contributed by atoms with Gasteiger partial charge in [-0.25, -0.2) is 4.39 Å². The van der Waals surface area contributed by atoms with Gasteiger partial charge >= 0.3 is 0 Å². The van der Waals surface area contributed by atoms with Gasteiger partial charge in [-0.2, -0.15) is 5.10 Å². The smallest absolute Gasteiger partial charge is 0.261 e. The lowest BCUT2D eigenvalue weighted by atomic mass is 10.1. The highest BCUT2D eigenvalue weighted by Crippen LogP contribution is 2.26. The Morgan fingerprint density at radius 1 is 1.15 bits per heavy atom. The van der Waals surface area contributed by atoms with E-state index in [4.69, 9.17) is 0 Å². The number of carbonyl (C=O) groups excluding carboxylic acids is 1. The molecule has 0 aliphatic carbocycles. The molecule has 0 saturated carbocycles. The van der Waals surface area contributed by atoms with E-state index in [0.717, 1.165) is 28.1 Å². The Morgan fingerprint density at radius 2 is 1.94 bits per heavy atom. The number of halogens is 1. The number of pyridine rings is 2. The van der Waals surface area contributed by atoms with Crippen molar-refractivity contribution in [2.24, 2.45) is 0 Å². The lowest BCUT2D eigenvalue weighted by Crippen LogP contribution is -2.32. The van der Waals surface area contributed by atoms with Crippen molar-refractivity contribution in [3.05, 3.63) is 93.9 Å². The molecular weight excluding hydrogens is 421 g/mol. The van der Waals surface area contributed by atoms with Crippen molar-refractivity contribution in [3.8, 4) is 22.5 Å². The van der Waals surface area contributed by atoms with Crippen LogP contribution in [-0.2, 0) is 13.0 Å². The molecule has 4 aromatic rings. The van der Waals surface area contributed by atoms with E-state index < -0.39 is 11.5 Å². The largest absolute Gasteiger partial charge is 0.350 e. The Labute approximate surface area is 190 Å². The van der Waals surface area contributed by atoms with Crippen LogP contribution >= 0.6 is 0 Å². The van der Waals surface area contributed by atoms with Crippen LogP contribution in [0.5, 0.6) is 0 Å². The monoisotopic (exact) mass is 445 g/mol. The van der Waals surface area contributed by atoms with Gasteiger partial charge < -0.3 is 10.3 Å². The standard InChI is InChI=1S/C25H24FN5O2/c1-3-21-16(2)13-20(25(33)29-21)24(32)28-11-12-31-23(18-5-4-10-27-15-18)14-22(30-31)17-6-8-19(26)9-7-17/h4-10,13-15H,3,11-12H2,1-2H3,(H,28,32)(H,29,33). The molecule has 0 saturated heterocycles. The maximum atomic E-state index is 13.3. The molecule has 1 aromatic carbocycles. The van der Waals surface area contributed by atoms with Gasteiger partial charge in [-0.1, -0.05) is 6.92 Å². The number of nitrogens with one attached hydrogen (secondary N) is 2. The molecule has 0 fully saturated rings. The molecule has 0 unspecified atom stereocenters. The lowest BCUT2D eigenvalue weighted by Gasteiger charge is -2.10. The fraction of sp³-hybridized carbons (Fsp3) is 0.200. The van der Waals surface area contributed by atoms with Crippen LogP contribution in [0, 0.1) is 12.7 Å². The first-order chi connectivity index (χ1) is 16.0. The Morgan fingerprint density at radius 3 is 2.64 bits per heavy atom. The quantitative estimate of drug-likeness (QED) is 0.453. The number of aromatic nitrogens is 4. The highest BCUT2D eigenvalue weighted by molar-refractivity contribution is 5.94. The van der Waals surface area contributed by atoms with E-state index >= 15 is 0 Å². The second kappa shape index (κ2) is 9.60. The number of aryl methyl sites for hydroxylation is 2. The molecule has 0 spiro atoms. The summed E-state index contributed by atoms with van der Waals surface area (Å²) in [4.78, 5) is 31.8. The van der Waals surface area contributed by atoms with Crippen molar-refractivity contribution in [1.29, 1.82) is 0 Å². The van der Waals surface area contributed by atoms with Gasteiger partial charge in [0.05, 0.1) is 17.9 Å². The van der Waals surface area contributed by atoms with Crippen molar-refractivity contribution in [2.75, 3.05) is 6.54 Å². The van der Waals surface area contributed by atoms with Crippen LogP contribution in [0.2, 0.25) is 0 Å². The van der Waals surface area contributed by atoms with Crippen molar-refractivity contribution < 1.29 is 9.18 Å². The Bertz CT molecular complexity index is 1330. The topological polar surface area (TPSA) is 92.7 Å². The third-order valence-electron chi connectivity index (χ3n) is 5.43. The van der Waals surface area contributed by atoms with E-state index in [2.05, 4.69) is 20.4 Å². The molecule has 2 N–H and O–H groups in total. The van der Waals surface area contributed by atoms with E-state index in [0.29, 0.717) is 18.7 Å². The van der Waals surface area contributed by atoms with Crippen LogP contribution in [0.1, 0.15) is 28.5 Å². The lowest BCUT2D eigenvalue weighted by molar-refractivity contribution is 0.0950. The van der Waals surface area contributed by atoms with Crippen LogP contribution in [0.3, 0.4) is 0 Å². The van der Waals surface area contributed by atoms with Gasteiger partial charge in [0.2, 0.25) is 0 Å². The van der Waals surface area contributed by atoms with E-state index in [1.54, 1.807) is 35.3 Å². The molecule has 7 nitrogen and oxygen atoms in total. The molecule has 33 heavy (non-hydrogen) atoms. The predicted octanol–water partition coefficient (Wildman–Crippen LogP) is 3.74. The summed E-state index contributed by atoms with van der Waals surface area (Å²) in [7, 11) is 0. The summed E-state index contributed by atoms with van der Waals surface area (Å²) in [6.45, 7) is 4.46. The molecule has 168 valence electrons. The number of hydrogen-bond acceptors (Lipinski definition) is 4. The average molecular weight is 445 g/mol. The highest BCUT2D eigenvalue weighted by Gasteiger charge is 2.15. The summed E-state index contributed by atoms with van der Waals surface area (Å²) < 4.78 is 15.1. The molecule has 4 rings (SSSR count). The Kier molecular flexibility index (Phi) is 6.44. The van der Waals surface area contributed by atoms with Crippen molar-refractivity contribution in [3.63, 3.8) is 0 Å². The molecule has 0 bridgehead atoms. The first-order valence-corrected chi connectivity index (χ1v) is 10.7. The third kappa shape index (κ3) is 4.90. The molecule has 0 aliphatic heterocycles. The molecular formula is C25H24FN5O2. The number of amides is 1. The predicted molar refractivity (Wildman–Crippen MR) is 124 cm³/mol. The summed E-state index contributed by atoms with van der Waals surface area (Å²) in [6, 6.07) is 13.4. The van der Waals surface area contributed by atoms with Gasteiger partial charge in [-0.15, -0.1) is 0 Å². The van der Waals surface area contributed by atoms with Crippen LogP contribution in [-0.4, -0.2) is 32.2 Å². The molecule has 0 radical (unpaired) electrons. The van der Waals surface area contributed by atoms with Gasteiger partial charge in [0.25, 0.3) is 11.5 Å². The summed E-state index contributed by atoms with van der Waals surface area (Å²) in [5.74, 6) is -0.749. The van der Waals surface area contributed by atoms with E-state index in [9.17, 15) is 14.0 Å². The third-order valence-corrected chi connectivity index (χ3v) is 5.43. The van der Waals surface area contributed by atoms with Gasteiger partial charge in [0.15, 0.2) is 0 Å². The zero-order valence-corrected chi connectivity index (χ0v) is 18.4. The van der Waals surface area contributed by atoms with Crippen molar-refractivity contribution in [2.45, 2.75) is 26.8 Å². The number of nitrogens with zero attached hydrogens (tertiary/aromatic N) is 3. The number of H-pyrrole nitrogens is 1. The second-order valence-electron chi connectivity index (χ2n) is 7.67. The average Bonchev–Trinajstić information content (AvgIpc) is 3.25. The van der Waals surface area contributed by atoms with Crippen molar-refractivity contribution in [1.82, 2.24) is 25.1 Å². The first kappa shape index (κ1) is 22.1. The molecule has 3 aromatic heterocycles. The SMILES string of the molecule is CCc1[nH]c(=O)c(C(=O)NCCn2nc(-c3ccc(F)cc3)cc2-c2cccnc2)cc1C. The number of aromatic amines is 1.